The first-order valence-corrected chi connectivity index (χ1v) is 4.21. The predicted molar refractivity (Wildman–Crippen MR) is 50.9 cm³/mol. The van der Waals surface area contributed by atoms with Crippen LogP contribution in [0, 0.1) is 0 Å². The zero-order valence-corrected chi connectivity index (χ0v) is 8.14. The summed E-state index contributed by atoms with van der Waals surface area (Å²) in [6.45, 7) is 3.41. The number of carbonyl (C=O) groups excluding carboxylic acids is 1. The van der Waals surface area contributed by atoms with Gasteiger partial charge in [0.25, 0.3) is 0 Å². The molecule has 7 nitrogen and oxygen atoms in total. The molecule has 0 spiro atoms. The van der Waals surface area contributed by atoms with E-state index in [9.17, 15) is 9.59 Å². The van der Waals surface area contributed by atoms with Crippen LogP contribution in [0.5, 0.6) is 0 Å². The predicted octanol–water partition coefficient (Wildman–Crippen LogP) is -0.368. The van der Waals surface area contributed by atoms with Crippen LogP contribution in [0.1, 0.15) is 6.42 Å². The Balaban J connectivity index is 3.41. The third-order valence-corrected chi connectivity index (χ3v) is 1.34. The average molecular weight is 218 g/mol. The summed E-state index contributed by atoms with van der Waals surface area (Å²) in [6, 6.07) is -1.00. The molecule has 0 aliphatic rings. The van der Waals surface area contributed by atoms with Crippen LogP contribution in [-0.4, -0.2) is 36.4 Å². The summed E-state index contributed by atoms with van der Waals surface area (Å²) >= 11 is 0. The number of nitrogens with one attached hydrogen (secondary N) is 1. The summed E-state index contributed by atoms with van der Waals surface area (Å²) in [7, 11) is 0. The fourth-order valence-corrected chi connectivity index (χ4v) is 0.583. The minimum Gasteiger partial charge on any atom is -0.480 e. The van der Waals surface area contributed by atoms with Gasteiger partial charge in [-0.15, -0.1) is 0 Å². The van der Waals surface area contributed by atoms with E-state index in [1.807, 2.05) is 5.48 Å². The minimum absolute atomic E-state index is 0.00332. The van der Waals surface area contributed by atoms with Gasteiger partial charge in [0.05, 0.1) is 6.61 Å². The number of carbonyl (C=O) groups is 2. The Morgan fingerprint density at radius 1 is 1.60 bits per heavy atom. The fourth-order valence-electron chi connectivity index (χ4n) is 0.583. The number of hydrogen-bond acceptors (Lipinski definition) is 5. The molecule has 0 unspecified atom stereocenters. The Kier molecular flexibility index (Phi) is 6.94. The summed E-state index contributed by atoms with van der Waals surface area (Å²) < 4.78 is 4.51. The topological polar surface area (TPSA) is 111 Å². The van der Waals surface area contributed by atoms with Crippen molar-refractivity contribution in [2.75, 3.05) is 13.2 Å². The molecule has 1 atom stereocenters. The van der Waals surface area contributed by atoms with Crippen molar-refractivity contribution in [1.82, 2.24) is 5.48 Å². The van der Waals surface area contributed by atoms with E-state index in [-0.39, 0.29) is 19.6 Å². The maximum Gasteiger partial charge on any atom is 0.431 e. The summed E-state index contributed by atoms with van der Waals surface area (Å²) in [4.78, 5) is 25.6. The Morgan fingerprint density at radius 3 is 2.80 bits per heavy atom. The van der Waals surface area contributed by atoms with E-state index >= 15 is 0 Å². The molecule has 4 N–H and O–H groups in total. The average Bonchev–Trinajstić information content (AvgIpc) is 2.20. The van der Waals surface area contributed by atoms with E-state index in [1.165, 1.54) is 6.08 Å². The third kappa shape index (κ3) is 7.47. The van der Waals surface area contributed by atoms with Gasteiger partial charge in [-0.25, -0.2) is 4.79 Å². The number of carboxylic acid groups (broad SMARTS) is 1. The summed E-state index contributed by atoms with van der Waals surface area (Å²) in [5.74, 6) is -1.12. The van der Waals surface area contributed by atoms with Crippen LogP contribution < -0.4 is 11.2 Å². The lowest BCUT2D eigenvalue weighted by molar-refractivity contribution is -0.139. The third-order valence-electron chi connectivity index (χ3n) is 1.34. The lowest BCUT2D eigenvalue weighted by Gasteiger charge is -2.07. The van der Waals surface area contributed by atoms with Crippen LogP contribution in [0.2, 0.25) is 0 Å². The number of nitrogens with two attached hydrogens (primary N) is 1. The van der Waals surface area contributed by atoms with Gasteiger partial charge in [-0.05, 0) is 6.42 Å². The van der Waals surface area contributed by atoms with Gasteiger partial charge in [-0.3, -0.25) is 9.63 Å². The van der Waals surface area contributed by atoms with Crippen molar-refractivity contribution in [2.45, 2.75) is 12.5 Å². The summed E-state index contributed by atoms with van der Waals surface area (Å²) in [5, 5.41) is 8.40. The van der Waals surface area contributed by atoms with Gasteiger partial charge in [-0.2, -0.15) is 5.48 Å². The number of hydrogen-bond donors (Lipinski definition) is 3. The second kappa shape index (κ2) is 7.77. The fraction of sp³-hybridized carbons (Fsp3) is 0.500. The van der Waals surface area contributed by atoms with Crippen molar-refractivity contribution in [3.63, 3.8) is 0 Å². The number of hydroxylamine groups is 1. The number of amides is 1. The maximum atomic E-state index is 10.7. The molecule has 0 rings (SSSR count). The molecule has 0 radical (unpaired) electrons. The molecule has 0 bridgehead atoms. The Morgan fingerprint density at radius 2 is 2.27 bits per heavy atom. The maximum absolute atomic E-state index is 10.7. The van der Waals surface area contributed by atoms with E-state index in [4.69, 9.17) is 10.8 Å². The van der Waals surface area contributed by atoms with Crippen LogP contribution in [0.25, 0.3) is 0 Å². The number of aliphatic carboxylic acids is 1. The van der Waals surface area contributed by atoms with E-state index in [0.29, 0.717) is 0 Å². The van der Waals surface area contributed by atoms with Gasteiger partial charge in [0.2, 0.25) is 0 Å². The van der Waals surface area contributed by atoms with Gasteiger partial charge < -0.3 is 15.6 Å². The normalized spacial score (nSPS) is 11.5. The highest BCUT2D eigenvalue weighted by atomic mass is 16.7. The van der Waals surface area contributed by atoms with E-state index in [2.05, 4.69) is 16.2 Å². The molecule has 0 saturated heterocycles. The van der Waals surface area contributed by atoms with Crippen molar-refractivity contribution < 1.29 is 24.3 Å². The van der Waals surface area contributed by atoms with Crippen molar-refractivity contribution >= 4 is 12.1 Å². The van der Waals surface area contributed by atoms with Crippen LogP contribution in [0.4, 0.5) is 4.79 Å². The summed E-state index contributed by atoms with van der Waals surface area (Å²) in [6.07, 6.45) is 0.732. The number of rotatable bonds is 7. The first-order valence-electron chi connectivity index (χ1n) is 4.21. The first-order chi connectivity index (χ1) is 7.07. The largest absolute Gasteiger partial charge is 0.480 e. The zero-order valence-electron chi connectivity index (χ0n) is 8.14. The lowest BCUT2D eigenvalue weighted by Crippen LogP contribution is -2.33. The molecular weight excluding hydrogens is 204 g/mol. The molecule has 7 heteroatoms. The highest BCUT2D eigenvalue weighted by Gasteiger charge is 2.10. The van der Waals surface area contributed by atoms with Crippen molar-refractivity contribution in [3.05, 3.63) is 12.7 Å². The molecule has 1 amide bonds. The van der Waals surface area contributed by atoms with Gasteiger partial charge in [0, 0.05) is 0 Å². The molecule has 0 saturated carbocycles. The molecule has 0 fully saturated rings. The quantitative estimate of drug-likeness (QED) is 0.305. The number of ether oxygens (including phenoxy) is 1. The standard InChI is InChI=1S/C8H14N2O5/c1-2-4-14-8(13)10-15-5-3-6(9)7(11)12/h2,6H,1,3-5,9H2,(H,10,13)(H,11,12)/t6-/m0/s1. The van der Waals surface area contributed by atoms with Crippen molar-refractivity contribution in [3.8, 4) is 0 Å². The molecule has 0 aliphatic carbocycles. The lowest BCUT2D eigenvalue weighted by atomic mass is 10.2. The number of carboxylic acids is 1. The SMILES string of the molecule is C=CCOC(=O)NOCC[C@H](N)C(=O)O. The van der Waals surface area contributed by atoms with Gasteiger partial charge in [-0.1, -0.05) is 12.7 Å². The van der Waals surface area contributed by atoms with Crippen molar-refractivity contribution in [2.24, 2.45) is 5.73 Å². The smallest absolute Gasteiger partial charge is 0.431 e. The Bertz CT molecular complexity index is 231. The second-order valence-electron chi connectivity index (χ2n) is 2.57. The second-order valence-corrected chi connectivity index (χ2v) is 2.57. The molecule has 0 aliphatic heterocycles. The van der Waals surface area contributed by atoms with E-state index in [0.717, 1.165) is 0 Å². The highest BCUT2D eigenvalue weighted by Crippen LogP contribution is 1.88. The minimum atomic E-state index is -1.12. The summed E-state index contributed by atoms with van der Waals surface area (Å²) in [5.41, 5.74) is 7.13. The molecule has 86 valence electrons. The van der Waals surface area contributed by atoms with E-state index < -0.39 is 18.1 Å². The van der Waals surface area contributed by atoms with Crippen molar-refractivity contribution in [1.29, 1.82) is 0 Å². The van der Waals surface area contributed by atoms with Crippen LogP contribution in [0.15, 0.2) is 12.7 Å². The molecule has 0 aromatic carbocycles. The van der Waals surface area contributed by atoms with Gasteiger partial charge in [0.15, 0.2) is 0 Å². The monoisotopic (exact) mass is 218 g/mol. The van der Waals surface area contributed by atoms with E-state index in [1.54, 1.807) is 0 Å². The molecule has 0 aromatic heterocycles. The Labute approximate surface area is 86.8 Å². The molecule has 15 heavy (non-hydrogen) atoms. The van der Waals surface area contributed by atoms with Gasteiger partial charge in [0.1, 0.15) is 12.6 Å². The molecule has 0 aromatic rings. The van der Waals surface area contributed by atoms with Crippen LogP contribution in [-0.2, 0) is 14.4 Å². The Hall–Kier alpha value is -1.60. The first kappa shape index (κ1) is 13.4. The van der Waals surface area contributed by atoms with Crippen LogP contribution in [0.3, 0.4) is 0 Å². The van der Waals surface area contributed by atoms with Gasteiger partial charge >= 0.3 is 12.1 Å². The highest BCUT2D eigenvalue weighted by molar-refractivity contribution is 5.72. The van der Waals surface area contributed by atoms with Crippen LogP contribution >= 0.6 is 0 Å². The molecule has 0 heterocycles. The zero-order chi connectivity index (χ0) is 11.7. The molecular formula is C8H14N2O5.